The molecule has 0 saturated heterocycles. The van der Waals surface area contributed by atoms with Crippen LogP contribution in [-0.2, 0) is 20.2 Å². The van der Waals surface area contributed by atoms with Gasteiger partial charge in [0.1, 0.15) is 0 Å². The highest BCUT2D eigenvalue weighted by Crippen LogP contribution is 2.28. The molecular formula is C19H24N2O3S2. The number of amides is 1. The number of sulfonamides is 1. The van der Waals surface area contributed by atoms with E-state index in [0.29, 0.717) is 5.69 Å². The number of anilines is 1. The first-order chi connectivity index (χ1) is 12.0. The summed E-state index contributed by atoms with van der Waals surface area (Å²) in [6.07, 6.45) is 0. The van der Waals surface area contributed by atoms with Gasteiger partial charge in [-0.15, -0.1) is 11.8 Å². The first-order valence-corrected chi connectivity index (χ1v) is 10.6. The van der Waals surface area contributed by atoms with Crippen LogP contribution in [0.1, 0.15) is 33.3 Å². The summed E-state index contributed by atoms with van der Waals surface area (Å²) in [6.45, 7) is 8.31. The maximum absolute atomic E-state index is 12.3. The molecule has 0 bridgehead atoms. The first kappa shape index (κ1) is 20.5. The average molecular weight is 393 g/mol. The van der Waals surface area contributed by atoms with E-state index >= 15 is 0 Å². The average Bonchev–Trinajstić information content (AvgIpc) is 2.54. The minimum absolute atomic E-state index is 0.0110. The summed E-state index contributed by atoms with van der Waals surface area (Å²) in [5, 5.41) is 7.54. The van der Waals surface area contributed by atoms with Crippen LogP contribution in [0, 0.1) is 0 Å². The largest absolute Gasteiger partial charge is 0.325 e. The number of carbonyl (C=O) groups excluding carboxylic acids is 1. The van der Waals surface area contributed by atoms with Gasteiger partial charge in [-0.1, -0.05) is 32.9 Å². The molecule has 0 fully saturated rings. The molecule has 0 aliphatic rings. The number of hydrogen-bond acceptors (Lipinski definition) is 4. The van der Waals surface area contributed by atoms with Gasteiger partial charge in [0.05, 0.1) is 10.1 Å². The monoisotopic (exact) mass is 392 g/mol. The molecule has 0 aliphatic heterocycles. The van der Waals surface area contributed by atoms with Crippen LogP contribution in [0.3, 0.4) is 0 Å². The topological polar surface area (TPSA) is 89.3 Å². The number of nitrogens with one attached hydrogen (secondary N) is 1. The molecule has 2 aromatic rings. The lowest BCUT2D eigenvalue weighted by Gasteiger charge is -2.19. The SMILES string of the molecule is C[C@@H](Sc1ccc(C(C)(C)C)cc1)C(=O)Nc1ccc(S(N)(=O)=O)cc1. The third-order valence-corrected chi connectivity index (χ3v) is 5.89. The molecule has 2 aromatic carbocycles. The van der Waals surface area contributed by atoms with Crippen LogP contribution < -0.4 is 10.5 Å². The lowest BCUT2D eigenvalue weighted by Crippen LogP contribution is -2.22. The fourth-order valence-electron chi connectivity index (χ4n) is 2.26. The summed E-state index contributed by atoms with van der Waals surface area (Å²) in [4.78, 5) is 13.4. The molecule has 0 saturated carbocycles. The van der Waals surface area contributed by atoms with Gasteiger partial charge in [-0.05, 0) is 54.3 Å². The molecule has 0 heterocycles. The Hall–Kier alpha value is -1.83. The zero-order valence-corrected chi connectivity index (χ0v) is 16.9. The van der Waals surface area contributed by atoms with Crippen molar-refractivity contribution >= 4 is 33.4 Å². The second-order valence-electron chi connectivity index (χ2n) is 7.09. The Morgan fingerprint density at radius 1 is 1.04 bits per heavy atom. The molecule has 2 rings (SSSR count). The summed E-state index contributed by atoms with van der Waals surface area (Å²) in [6, 6.07) is 14.0. The van der Waals surface area contributed by atoms with Crippen LogP contribution in [-0.4, -0.2) is 19.6 Å². The first-order valence-electron chi connectivity index (χ1n) is 8.18. The van der Waals surface area contributed by atoms with Crippen molar-refractivity contribution in [3.63, 3.8) is 0 Å². The molecule has 26 heavy (non-hydrogen) atoms. The number of hydrogen-bond donors (Lipinski definition) is 2. The van der Waals surface area contributed by atoms with Crippen molar-refractivity contribution in [1.82, 2.24) is 0 Å². The normalized spacial score (nSPS) is 13.3. The Morgan fingerprint density at radius 2 is 1.58 bits per heavy atom. The molecular weight excluding hydrogens is 368 g/mol. The van der Waals surface area contributed by atoms with E-state index in [2.05, 4.69) is 38.2 Å². The molecule has 0 spiro atoms. The van der Waals surface area contributed by atoms with Crippen LogP contribution in [0.5, 0.6) is 0 Å². The highest BCUT2D eigenvalue weighted by molar-refractivity contribution is 8.00. The van der Waals surface area contributed by atoms with E-state index in [0.717, 1.165) is 4.90 Å². The molecule has 3 N–H and O–H groups in total. The standard InChI is InChI=1S/C19H24N2O3S2/c1-13(25-16-9-5-14(6-10-16)19(2,3)4)18(22)21-15-7-11-17(12-8-15)26(20,23)24/h5-13H,1-4H3,(H,21,22)(H2,20,23,24)/t13-/m1/s1. The molecule has 140 valence electrons. The number of carbonyl (C=O) groups is 1. The lowest BCUT2D eigenvalue weighted by atomic mass is 9.87. The zero-order chi connectivity index (χ0) is 19.5. The van der Waals surface area contributed by atoms with Crippen molar-refractivity contribution in [1.29, 1.82) is 0 Å². The number of primary sulfonamides is 1. The van der Waals surface area contributed by atoms with Crippen LogP contribution in [0.4, 0.5) is 5.69 Å². The number of thioether (sulfide) groups is 1. The molecule has 0 aliphatic carbocycles. The van der Waals surface area contributed by atoms with Gasteiger partial charge >= 0.3 is 0 Å². The van der Waals surface area contributed by atoms with E-state index in [1.807, 2.05) is 19.1 Å². The van der Waals surface area contributed by atoms with E-state index in [-0.39, 0.29) is 21.5 Å². The van der Waals surface area contributed by atoms with E-state index in [1.54, 1.807) is 0 Å². The third-order valence-electron chi connectivity index (χ3n) is 3.85. The highest BCUT2D eigenvalue weighted by Gasteiger charge is 2.17. The summed E-state index contributed by atoms with van der Waals surface area (Å²) in [5.41, 5.74) is 1.86. The summed E-state index contributed by atoms with van der Waals surface area (Å²) < 4.78 is 22.5. The van der Waals surface area contributed by atoms with Gasteiger partial charge in [-0.3, -0.25) is 4.79 Å². The number of nitrogens with two attached hydrogens (primary N) is 1. The van der Waals surface area contributed by atoms with E-state index in [9.17, 15) is 13.2 Å². The maximum Gasteiger partial charge on any atom is 0.238 e. The van der Waals surface area contributed by atoms with E-state index in [1.165, 1.54) is 41.6 Å². The second kappa shape index (κ2) is 7.82. The van der Waals surface area contributed by atoms with Gasteiger partial charge in [-0.2, -0.15) is 0 Å². The minimum atomic E-state index is -3.74. The number of rotatable bonds is 5. The van der Waals surface area contributed by atoms with Gasteiger partial charge in [-0.25, -0.2) is 13.6 Å². The third kappa shape index (κ3) is 5.59. The predicted molar refractivity (Wildman–Crippen MR) is 107 cm³/mol. The summed E-state index contributed by atoms with van der Waals surface area (Å²) in [5.74, 6) is -0.154. The zero-order valence-electron chi connectivity index (χ0n) is 15.3. The second-order valence-corrected chi connectivity index (χ2v) is 10.1. The summed E-state index contributed by atoms with van der Waals surface area (Å²) in [7, 11) is -3.74. The molecule has 1 amide bonds. The van der Waals surface area contributed by atoms with Crippen molar-refractivity contribution in [2.45, 2.75) is 48.2 Å². The van der Waals surface area contributed by atoms with Gasteiger partial charge in [0.2, 0.25) is 15.9 Å². The van der Waals surface area contributed by atoms with Crippen LogP contribution in [0.25, 0.3) is 0 Å². The van der Waals surface area contributed by atoms with Gasteiger partial charge < -0.3 is 5.32 Å². The molecule has 0 radical (unpaired) electrons. The molecule has 5 nitrogen and oxygen atoms in total. The van der Waals surface area contributed by atoms with E-state index < -0.39 is 10.0 Å². The van der Waals surface area contributed by atoms with Crippen molar-refractivity contribution < 1.29 is 13.2 Å². The molecule has 7 heteroatoms. The minimum Gasteiger partial charge on any atom is -0.325 e. The fraction of sp³-hybridized carbons (Fsp3) is 0.316. The Balaban J connectivity index is 1.99. The fourth-order valence-corrected chi connectivity index (χ4v) is 3.65. The molecule has 0 aromatic heterocycles. The van der Waals surface area contributed by atoms with Crippen LogP contribution in [0.2, 0.25) is 0 Å². The van der Waals surface area contributed by atoms with Crippen molar-refractivity contribution in [2.75, 3.05) is 5.32 Å². The quantitative estimate of drug-likeness (QED) is 0.759. The Labute approximate surface area is 159 Å². The highest BCUT2D eigenvalue weighted by atomic mass is 32.2. The number of benzene rings is 2. The predicted octanol–water partition coefficient (Wildman–Crippen LogP) is 3.75. The maximum atomic E-state index is 12.3. The summed E-state index contributed by atoms with van der Waals surface area (Å²) >= 11 is 1.47. The van der Waals surface area contributed by atoms with E-state index in [4.69, 9.17) is 5.14 Å². The van der Waals surface area contributed by atoms with Crippen LogP contribution >= 0.6 is 11.8 Å². The molecule has 0 unspecified atom stereocenters. The molecule has 1 atom stereocenters. The van der Waals surface area contributed by atoms with Gasteiger partial charge in [0.15, 0.2) is 0 Å². The Morgan fingerprint density at radius 3 is 2.04 bits per heavy atom. The van der Waals surface area contributed by atoms with Crippen molar-refractivity contribution in [3.05, 3.63) is 54.1 Å². The Kier molecular flexibility index (Phi) is 6.16. The van der Waals surface area contributed by atoms with Gasteiger partial charge in [0.25, 0.3) is 0 Å². The van der Waals surface area contributed by atoms with Crippen LogP contribution in [0.15, 0.2) is 58.3 Å². The van der Waals surface area contributed by atoms with Crippen molar-refractivity contribution in [3.8, 4) is 0 Å². The Bertz CT molecular complexity index is 868. The van der Waals surface area contributed by atoms with Gasteiger partial charge in [0, 0.05) is 10.6 Å². The van der Waals surface area contributed by atoms with Crippen molar-refractivity contribution in [2.24, 2.45) is 5.14 Å². The lowest BCUT2D eigenvalue weighted by molar-refractivity contribution is -0.115. The smallest absolute Gasteiger partial charge is 0.238 e.